The van der Waals surface area contributed by atoms with Gasteiger partial charge in [-0.2, -0.15) is 0 Å². The monoisotopic (exact) mass is 335 g/mol. The summed E-state index contributed by atoms with van der Waals surface area (Å²) in [6, 6.07) is 6.64. The second-order valence-corrected chi connectivity index (χ2v) is 7.08. The Bertz CT molecular complexity index is 596. The van der Waals surface area contributed by atoms with Crippen molar-refractivity contribution in [1.82, 2.24) is 9.97 Å². The first-order chi connectivity index (χ1) is 9.32. The van der Waals surface area contributed by atoms with E-state index in [1.54, 1.807) is 6.20 Å². The van der Waals surface area contributed by atoms with E-state index in [9.17, 15) is 0 Å². The average Bonchev–Trinajstić information content (AvgIpc) is 2.77. The van der Waals surface area contributed by atoms with Crippen LogP contribution < -0.4 is 5.73 Å². The molecule has 0 fully saturated rings. The zero-order chi connectivity index (χ0) is 14.9. The summed E-state index contributed by atoms with van der Waals surface area (Å²) in [7, 11) is 0. The third kappa shape index (κ3) is 3.13. The molecule has 0 saturated heterocycles. The Labute approximate surface area is 129 Å². The number of aromatic amines is 1. The molecule has 3 N–H and O–H groups in total. The highest BCUT2D eigenvalue weighted by Crippen LogP contribution is 2.30. The number of nitrogens with two attached hydrogens (primary N) is 1. The molecule has 0 aliphatic rings. The van der Waals surface area contributed by atoms with E-state index in [0.29, 0.717) is 6.54 Å². The zero-order valence-electron chi connectivity index (χ0n) is 12.5. The molecule has 2 aromatic rings. The van der Waals surface area contributed by atoms with Crippen molar-refractivity contribution in [3.05, 3.63) is 51.5 Å². The van der Waals surface area contributed by atoms with Gasteiger partial charge in [0, 0.05) is 6.54 Å². The van der Waals surface area contributed by atoms with Crippen molar-refractivity contribution in [2.75, 3.05) is 6.54 Å². The van der Waals surface area contributed by atoms with Gasteiger partial charge in [0.25, 0.3) is 0 Å². The fourth-order valence-corrected chi connectivity index (χ4v) is 2.66. The number of benzene rings is 1. The van der Waals surface area contributed by atoms with Gasteiger partial charge in [0.15, 0.2) is 0 Å². The van der Waals surface area contributed by atoms with Gasteiger partial charge in [0.1, 0.15) is 10.4 Å². The Morgan fingerprint density at radius 3 is 2.55 bits per heavy atom. The Kier molecular flexibility index (Phi) is 4.35. The lowest BCUT2D eigenvalue weighted by atomic mass is 9.83. The first-order valence-corrected chi connectivity index (χ1v) is 7.63. The molecule has 20 heavy (non-hydrogen) atoms. The third-order valence-corrected chi connectivity index (χ3v) is 4.05. The summed E-state index contributed by atoms with van der Waals surface area (Å²) in [4.78, 5) is 7.65. The summed E-state index contributed by atoms with van der Waals surface area (Å²) >= 11 is 3.41. The molecule has 1 unspecified atom stereocenters. The van der Waals surface area contributed by atoms with Crippen LogP contribution in [0, 0.1) is 6.92 Å². The first kappa shape index (κ1) is 15.3. The van der Waals surface area contributed by atoms with Gasteiger partial charge in [-0.1, -0.05) is 39.0 Å². The van der Waals surface area contributed by atoms with Gasteiger partial charge in [0.2, 0.25) is 0 Å². The summed E-state index contributed by atoms with van der Waals surface area (Å²) in [5.41, 5.74) is 9.95. The van der Waals surface area contributed by atoms with E-state index in [2.05, 4.69) is 71.8 Å². The molecule has 0 bridgehead atoms. The number of nitrogens with zero attached hydrogens (tertiary/aromatic N) is 1. The molecule has 0 spiro atoms. The number of aromatic nitrogens is 2. The summed E-state index contributed by atoms with van der Waals surface area (Å²) < 4.78 is 0.885. The highest BCUT2D eigenvalue weighted by atomic mass is 79.9. The molecule has 0 aliphatic carbocycles. The van der Waals surface area contributed by atoms with Crippen molar-refractivity contribution < 1.29 is 0 Å². The number of hydrogen-bond acceptors (Lipinski definition) is 2. The molecular formula is C16H22BrN3. The molecule has 0 amide bonds. The van der Waals surface area contributed by atoms with Crippen molar-refractivity contribution in [3.8, 4) is 0 Å². The highest BCUT2D eigenvalue weighted by molar-refractivity contribution is 9.10. The predicted octanol–water partition coefficient (Wildman–Crippen LogP) is 3.87. The van der Waals surface area contributed by atoms with Gasteiger partial charge in [-0.25, -0.2) is 4.98 Å². The quantitative estimate of drug-likeness (QED) is 0.894. The number of nitrogens with one attached hydrogen (secondary N) is 1. The van der Waals surface area contributed by atoms with Gasteiger partial charge >= 0.3 is 0 Å². The molecule has 1 aromatic carbocycles. The van der Waals surface area contributed by atoms with Crippen LogP contribution in [-0.2, 0) is 5.41 Å². The topological polar surface area (TPSA) is 54.7 Å². The van der Waals surface area contributed by atoms with Crippen LogP contribution in [0.5, 0.6) is 0 Å². The van der Waals surface area contributed by atoms with Gasteiger partial charge in [-0.05, 0) is 45.0 Å². The van der Waals surface area contributed by atoms with Crippen LogP contribution in [0.25, 0.3) is 0 Å². The number of imidazole rings is 1. The minimum Gasteiger partial charge on any atom is -0.336 e. The fraction of sp³-hybridized carbons (Fsp3) is 0.438. The number of aryl methyl sites for hydroxylation is 1. The van der Waals surface area contributed by atoms with E-state index < -0.39 is 0 Å². The van der Waals surface area contributed by atoms with Crippen LogP contribution in [0.2, 0.25) is 0 Å². The van der Waals surface area contributed by atoms with Crippen molar-refractivity contribution >= 4 is 15.9 Å². The van der Waals surface area contributed by atoms with Crippen LogP contribution in [0.1, 0.15) is 49.2 Å². The number of rotatable bonds is 3. The molecule has 0 aliphatic heterocycles. The number of halogens is 1. The SMILES string of the molecule is Cc1ccc(C(C)(C)C)cc1C(CN)c1ncc(Br)[nH]1. The fourth-order valence-electron chi connectivity index (χ4n) is 2.36. The summed E-state index contributed by atoms with van der Waals surface area (Å²) in [5.74, 6) is 1.01. The van der Waals surface area contributed by atoms with Crippen LogP contribution in [0.15, 0.2) is 29.0 Å². The predicted molar refractivity (Wildman–Crippen MR) is 87.1 cm³/mol. The molecule has 1 aromatic heterocycles. The van der Waals surface area contributed by atoms with Crippen molar-refractivity contribution in [3.63, 3.8) is 0 Å². The van der Waals surface area contributed by atoms with Crippen molar-refractivity contribution in [1.29, 1.82) is 0 Å². The minimum atomic E-state index is 0.101. The smallest absolute Gasteiger partial charge is 0.115 e. The van der Waals surface area contributed by atoms with Gasteiger partial charge in [-0.3, -0.25) is 0 Å². The molecule has 108 valence electrons. The molecule has 2 rings (SSSR count). The van der Waals surface area contributed by atoms with Crippen LogP contribution in [0.3, 0.4) is 0 Å². The van der Waals surface area contributed by atoms with Crippen LogP contribution in [-0.4, -0.2) is 16.5 Å². The Hall–Kier alpha value is -1.13. The third-order valence-electron chi connectivity index (χ3n) is 3.65. The number of H-pyrrole nitrogens is 1. The maximum absolute atomic E-state index is 6.00. The lowest BCUT2D eigenvalue weighted by molar-refractivity contribution is 0.587. The van der Waals surface area contributed by atoms with E-state index in [1.165, 1.54) is 16.7 Å². The van der Waals surface area contributed by atoms with E-state index in [-0.39, 0.29) is 11.3 Å². The lowest BCUT2D eigenvalue weighted by Gasteiger charge is -2.23. The van der Waals surface area contributed by atoms with E-state index in [0.717, 1.165) is 10.4 Å². The van der Waals surface area contributed by atoms with E-state index in [4.69, 9.17) is 5.73 Å². The second kappa shape index (κ2) is 5.70. The lowest BCUT2D eigenvalue weighted by Crippen LogP contribution is -2.18. The molecule has 4 heteroatoms. The van der Waals surface area contributed by atoms with E-state index in [1.807, 2.05) is 0 Å². The maximum atomic E-state index is 6.00. The van der Waals surface area contributed by atoms with E-state index >= 15 is 0 Å². The molecule has 1 heterocycles. The number of hydrogen-bond donors (Lipinski definition) is 2. The Morgan fingerprint density at radius 1 is 1.35 bits per heavy atom. The molecular weight excluding hydrogens is 314 g/mol. The van der Waals surface area contributed by atoms with Crippen LogP contribution in [0.4, 0.5) is 0 Å². The summed E-state index contributed by atoms with van der Waals surface area (Å²) in [5, 5.41) is 0. The molecule has 3 nitrogen and oxygen atoms in total. The summed E-state index contributed by atoms with van der Waals surface area (Å²) in [6.45, 7) is 9.34. The van der Waals surface area contributed by atoms with Gasteiger partial charge in [0.05, 0.1) is 12.1 Å². The minimum absolute atomic E-state index is 0.101. The standard InChI is InChI=1S/C16H22BrN3/c1-10-5-6-11(16(2,3)4)7-12(10)13(8-18)15-19-9-14(17)20-15/h5-7,9,13H,8,18H2,1-4H3,(H,19,20). The van der Waals surface area contributed by atoms with Crippen molar-refractivity contribution in [2.45, 2.75) is 39.0 Å². The van der Waals surface area contributed by atoms with Crippen molar-refractivity contribution in [2.24, 2.45) is 5.73 Å². The normalized spacial score (nSPS) is 13.5. The van der Waals surface area contributed by atoms with Crippen LogP contribution >= 0.6 is 15.9 Å². The Balaban J connectivity index is 2.49. The second-order valence-electron chi connectivity index (χ2n) is 6.23. The zero-order valence-corrected chi connectivity index (χ0v) is 14.1. The van der Waals surface area contributed by atoms with Gasteiger partial charge < -0.3 is 10.7 Å². The molecule has 0 saturated carbocycles. The largest absolute Gasteiger partial charge is 0.336 e. The Morgan fingerprint density at radius 2 is 2.05 bits per heavy atom. The maximum Gasteiger partial charge on any atom is 0.115 e. The molecule has 0 radical (unpaired) electrons. The van der Waals surface area contributed by atoms with Gasteiger partial charge in [-0.15, -0.1) is 0 Å². The molecule has 1 atom stereocenters. The first-order valence-electron chi connectivity index (χ1n) is 6.84. The summed E-state index contributed by atoms with van der Waals surface area (Å²) in [6.07, 6.45) is 1.78. The highest BCUT2D eigenvalue weighted by Gasteiger charge is 2.21. The average molecular weight is 336 g/mol.